The molecular weight excluding hydrogens is 251 g/mol. The third-order valence-corrected chi connectivity index (χ3v) is 4.14. The smallest absolute Gasteiger partial charge is 0.329 e. The van der Waals surface area contributed by atoms with E-state index in [0.29, 0.717) is 0 Å². The molecule has 0 aliphatic carbocycles. The van der Waals surface area contributed by atoms with Crippen LogP contribution in [0.15, 0.2) is 21.9 Å². The zero-order valence-corrected chi connectivity index (χ0v) is 9.43. The molecule has 1 aliphatic rings. The van der Waals surface area contributed by atoms with E-state index >= 15 is 0 Å². The Balaban J connectivity index is 2.35. The van der Waals surface area contributed by atoms with Gasteiger partial charge in [0.05, 0.1) is 11.9 Å². The van der Waals surface area contributed by atoms with Crippen molar-refractivity contribution in [3.63, 3.8) is 0 Å². The SMILES string of the molecule is O=c1ccn([C@@H]2S[C@H](CO)[C@H](O)C2F)c(=O)[nH]1. The zero-order chi connectivity index (χ0) is 12.6. The summed E-state index contributed by atoms with van der Waals surface area (Å²) in [4.78, 5) is 24.3. The Hall–Kier alpha value is -1.12. The number of aromatic nitrogens is 2. The van der Waals surface area contributed by atoms with Gasteiger partial charge in [-0.3, -0.25) is 14.3 Å². The van der Waals surface area contributed by atoms with Gasteiger partial charge in [0, 0.05) is 12.3 Å². The van der Waals surface area contributed by atoms with Gasteiger partial charge in [-0.15, -0.1) is 11.8 Å². The van der Waals surface area contributed by atoms with Crippen molar-refractivity contribution >= 4 is 11.8 Å². The molecule has 0 radical (unpaired) electrons. The second kappa shape index (κ2) is 4.63. The Bertz CT molecular complexity index is 516. The summed E-state index contributed by atoms with van der Waals surface area (Å²) < 4.78 is 14.8. The minimum Gasteiger partial charge on any atom is -0.395 e. The second-order valence-corrected chi connectivity index (χ2v) is 5.06. The highest BCUT2D eigenvalue weighted by Crippen LogP contribution is 2.42. The summed E-state index contributed by atoms with van der Waals surface area (Å²) in [7, 11) is 0. The van der Waals surface area contributed by atoms with E-state index in [1.165, 1.54) is 6.20 Å². The van der Waals surface area contributed by atoms with Crippen LogP contribution in [0.3, 0.4) is 0 Å². The van der Waals surface area contributed by atoms with Gasteiger partial charge >= 0.3 is 5.69 Å². The van der Waals surface area contributed by atoms with Crippen LogP contribution in [0.5, 0.6) is 0 Å². The van der Waals surface area contributed by atoms with E-state index in [0.717, 1.165) is 22.4 Å². The van der Waals surface area contributed by atoms with Crippen LogP contribution in [0.2, 0.25) is 0 Å². The number of thioether (sulfide) groups is 1. The summed E-state index contributed by atoms with van der Waals surface area (Å²) in [6.45, 7) is -0.374. The van der Waals surface area contributed by atoms with Crippen molar-refractivity contribution in [2.45, 2.75) is 22.9 Å². The van der Waals surface area contributed by atoms with E-state index in [1.54, 1.807) is 0 Å². The Labute approximate surface area is 99.1 Å². The van der Waals surface area contributed by atoms with E-state index in [2.05, 4.69) is 0 Å². The number of nitrogens with one attached hydrogen (secondary N) is 1. The Morgan fingerprint density at radius 2 is 2.24 bits per heavy atom. The number of alkyl halides is 1. The van der Waals surface area contributed by atoms with Crippen molar-refractivity contribution in [2.24, 2.45) is 0 Å². The molecule has 2 rings (SSSR count). The number of aliphatic hydroxyl groups excluding tert-OH is 2. The maximum absolute atomic E-state index is 13.8. The van der Waals surface area contributed by atoms with Gasteiger partial charge in [0.2, 0.25) is 0 Å². The normalized spacial score (nSPS) is 32.9. The largest absolute Gasteiger partial charge is 0.395 e. The quantitative estimate of drug-likeness (QED) is 0.625. The van der Waals surface area contributed by atoms with Gasteiger partial charge in [0.15, 0.2) is 6.17 Å². The number of aliphatic hydroxyl groups is 2. The molecule has 0 aromatic carbocycles. The number of aromatic amines is 1. The highest BCUT2D eigenvalue weighted by atomic mass is 32.2. The molecule has 6 nitrogen and oxygen atoms in total. The Morgan fingerprint density at radius 3 is 2.76 bits per heavy atom. The van der Waals surface area contributed by atoms with E-state index in [4.69, 9.17) is 5.11 Å². The molecule has 0 bridgehead atoms. The molecule has 3 N–H and O–H groups in total. The summed E-state index contributed by atoms with van der Waals surface area (Å²) in [6, 6.07) is 1.10. The first kappa shape index (κ1) is 12.3. The van der Waals surface area contributed by atoms with Crippen molar-refractivity contribution in [2.75, 3.05) is 6.61 Å². The van der Waals surface area contributed by atoms with Crippen LogP contribution < -0.4 is 11.2 Å². The molecule has 8 heteroatoms. The summed E-state index contributed by atoms with van der Waals surface area (Å²) in [6.07, 6.45) is -1.81. The minimum atomic E-state index is -1.67. The molecule has 2 heterocycles. The van der Waals surface area contributed by atoms with Crippen LogP contribution in [0.1, 0.15) is 5.37 Å². The highest BCUT2D eigenvalue weighted by molar-refractivity contribution is 8.00. The third kappa shape index (κ3) is 2.15. The van der Waals surface area contributed by atoms with Crippen molar-refractivity contribution < 1.29 is 14.6 Å². The van der Waals surface area contributed by atoms with Gasteiger partial charge in [0.1, 0.15) is 11.5 Å². The first-order valence-electron chi connectivity index (χ1n) is 4.94. The number of hydrogen-bond donors (Lipinski definition) is 3. The number of rotatable bonds is 2. The lowest BCUT2D eigenvalue weighted by atomic mass is 10.1. The number of halogens is 1. The predicted octanol–water partition coefficient (Wildman–Crippen LogP) is -1.16. The lowest BCUT2D eigenvalue weighted by Gasteiger charge is -2.15. The summed E-state index contributed by atoms with van der Waals surface area (Å²) in [5.74, 6) is 0. The third-order valence-electron chi connectivity index (χ3n) is 2.60. The average Bonchev–Trinajstić information content (AvgIpc) is 2.57. The fourth-order valence-corrected chi connectivity index (χ4v) is 3.07. The molecule has 0 spiro atoms. The van der Waals surface area contributed by atoms with Crippen molar-refractivity contribution in [1.82, 2.24) is 9.55 Å². The lowest BCUT2D eigenvalue weighted by Crippen LogP contribution is -2.35. The molecule has 1 unspecified atom stereocenters. The van der Waals surface area contributed by atoms with Crippen LogP contribution >= 0.6 is 11.8 Å². The van der Waals surface area contributed by atoms with Crippen molar-refractivity contribution in [1.29, 1.82) is 0 Å². The molecule has 0 saturated carbocycles. The molecule has 1 fully saturated rings. The Morgan fingerprint density at radius 1 is 1.53 bits per heavy atom. The molecule has 1 aliphatic heterocycles. The maximum Gasteiger partial charge on any atom is 0.329 e. The molecule has 1 saturated heterocycles. The van der Waals surface area contributed by atoms with Gasteiger partial charge in [-0.2, -0.15) is 0 Å². The lowest BCUT2D eigenvalue weighted by molar-refractivity contribution is 0.0631. The van der Waals surface area contributed by atoms with Gasteiger partial charge < -0.3 is 10.2 Å². The number of H-pyrrole nitrogens is 1. The molecule has 1 aromatic rings. The number of hydrogen-bond acceptors (Lipinski definition) is 5. The summed E-state index contributed by atoms with van der Waals surface area (Å²) in [5.41, 5.74) is -1.30. The first-order chi connectivity index (χ1) is 8.04. The van der Waals surface area contributed by atoms with E-state index in [-0.39, 0.29) is 6.61 Å². The molecule has 0 amide bonds. The minimum absolute atomic E-state index is 0.374. The van der Waals surface area contributed by atoms with Crippen LogP contribution in [0, 0.1) is 0 Å². The summed E-state index contributed by atoms with van der Waals surface area (Å²) in [5, 5.41) is 16.8. The van der Waals surface area contributed by atoms with Gasteiger partial charge in [0.25, 0.3) is 5.56 Å². The van der Waals surface area contributed by atoms with Crippen molar-refractivity contribution in [3.8, 4) is 0 Å². The molecule has 94 valence electrons. The van der Waals surface area contributed by atoms with Crippen LogP contribution in [0.25, 0.3) is 0 Å². The van der Waals surface area contributed by atoms with Gasteiger partial charge in [-0.1, -0.05) is 0 Å². The van der Waals surface area contributed by atoms with Crippen LogP contribution in [0.4, 0.5) is 4.39 Å². The molecular formula is C9H11FN2O4S. The van der Waals surface area contributed by atoms with E-state index < -0.39 is 34.1 Å². The predicted molar refractivity (Wildman–Crippen MR) is 59.7 cm³/mol. The van der Waals surface area contributed by atoms with Gasteiger partial charge in [-0.05, 0) is 0 Å². The van der Waals surface area contributed by atoms with Gasteiger partial charge in [-0.25, -0.2) is 9.18 Å². The topological polar surface area (TPSA) is 95.3 Å². The van der Waals surface area contributed by atoms with Crippen molar-refractivity contribution in [3.05, 3.63) is 33.1 Å². The molecule has 1 aromatic heterocycles. The average molecular weight is 262 g/mol. The zero-order valence-electron chi connectivity index (χ0n) is 8.62. The monoisotopic (exact) mass is 262 g/mol. The Kier molecular flexibility index (Phi) is 3.36. The molecule has 4 atom stereocenters. The maximum atomic E-state index is 13.8. The van der Waals surface area contributed by atoms with E-state index in [1.807, 2.05) is 4.98 Å². The summed E-state index contributed by atoms with van der Waals surface area (Å²) >= 11 is 0.966. The van der Waals surface area contributed by atoms with Crippen LogP contribution in [-0.4, -0.2) is 43.9 Å². The van der Waals surface area contributed by atoms with Crippen LogP contribution in [-0.2, 0) is 0 Å². The number of nitrogens with zero attached hydrogens (tertiary/aromatic N) is 1. The fraction of sp³-hybridized carbons (Fsp3) is 0.556. The standard InChI is InChI=1S/C9H11FN2O4S/c10-6-7(15)4(3-13)17-8(6)12-2-1-5(14)11-9(12)16/h1-2,4,6-8,13,15H,3H2,(H,11,14,16)/t4-,6?,7+,8-/m1/s1. The second-order valence-electron chi connectivity index (χ2n) is 3.70. The highest BCUT2D eigenvalue weighted by Gasteiger charge is 2.44. The first-order valence-corrected chi connectivity index (χ1v) is 5.89. The van der Waals surface area contributed by atoms with E-state index in [9.17, 15) is 19.1 Å². The molecule has 17 heavy (non-hydrogen) atoms. The fourth-order valence-electron chi connectivity index (χ4n) is 1.71.